The van der Waals surface area contributed by atoms with E-state index in [1.807, 2.05) is 6.92 Å². The van der Waals surface area contributed by atoms with Crippen molar-refractivity contribution in [1.29, 1.82) is 0 Å². The molecule has 2 aliphatic heterocycles. The van der Waals surface area contributed by atoms with E-state index in [1.165, 1.54) is 16.4 Å². The highest BCUT2D eigenvalue weighted by molar-refractivity contribution is 7.89. The van der Waals surface area contributed by atoms with Crippen LogP contribution in [0.25, 0.3) is 0 Å². The number of carbonyl (C=O) groups is 1. The zero-order valence-corrected chi connectivity index (χ0v) is 16.5. The molecule has 3 rings (SSSR count). The number of nitrogens with two attached hydrogens (primary N) is 1. The van der Waals surface area contributed by atoms with E-state index in [-0.39, 0.29) is 29.3 Å². The third-order valence-corrected chi connectivity index (χ3v) is 6.84. The molecule has 2 fully saturated rings. The van der Waals surface area contributed by atoms with Crippen LogP contribution in [-0.4, -0.2) is 69.0 Å². The smallest absolute Gasteiger partial charge is 0.254 e. The van der Waals surface area contributed by atoms with Crippen molar-refractivity contribution in [3.8, 4) is 0 Å². The largest absolute Gasteiger partial charge is 0.379 e. The number of halogens is 1. The Kier molecular flexibility index (Phi) is 7.04. The summed E-state index contributed by atoms with van der Waals surface area (Å²) in [6.07, 6.45) is 0.883. The maximum atomic E-state index is 12.8. The Bertz CT molecular complexity index is 737. The van der Waals surface area contributed by atoms with Crippen LogP contribution in [0.3, 0.4) is 0 Å². The quantitative estimate of drug-likeness (QED) is 0.807. The van der Waals surface area contributed by atoms with Gasteiger partial charge >= 0.3 is 0 Å². The minimum absolute atomic E-state index is 0. The Labute approximate surface area is 160 Å². The number of amides is 1. The molecule has 1 aromatic rings. The van der Waals surface area contributed by atoms with Gasteiger partial charge in [-0.2, -0.15) is 4.31 Å². The molecule has 0 saturated carbocycles. The van der Waals surface area contributed by atoms with Crippen LogP contribution in [0.2, 0.25) is 0 Å². The molecule has 2 aliphatic rings. The van der Waals surface area contributed by atoms with E-state index in [2.05, 4.69) is 0 Å². The van der Waals surface area contributed by atoms with E-state index in [0.29, 0.717) is 50.9 Å². The molecule has 7 nitrogen and oxygen atoms in total. The molecule has 1 amide bonds. The molecule has 26 heavy (non-hydrogen) atoms. The van der Waals surface area contributed by atoms with Crippen LogP contribution in [0.15, 0.2) is 29.2 Å². The summed E-state index contributed by atoms with van der Waals surface area (Å²) >= 11 is 0. The summed E-state index contributed by atoms with van der Waals surface area (Å²) in [6.45, 7) is 4.63. The fourth-order valence-electron chi connectivity index (χ4n) is 3.49. The van der Waals surface area contributed by atoms with Crippen LogP contribution in [0.1, 0.15) is 23.7 Å². The molecule has 9 heteroatoms. The molecule has 2 unspecified atom stereocenters. The number of ether oxygens (including phenoxy) is 1. The number of benzene rings is 1. The van der Waals surface area contributed by atoms with Gasteiger partial charge in [0.15, 0.2) is 0 Å². The highest BCUT2D eigenvalue weighted by Crippen LogP contribution is 2.25. The summed E-state index contributed by atoms with van der Waals surface area (Å²) < 4.78 is 32.2. The van der Waals surface area contributed by atoms with Crippen molar-refractivity contribution >= 4 is 28.3 Å². The minimum atomic E-state index is -3.61. The Hall–Kier alpha value is -1.19. The lowest BCUT2D eigenvalue weighted by atomic mass is 10.1. The standard InChI is InChI=1S/C17H25N3O4S.ClH/c1-13-9-14(11-18)12-20(13)17(21)15-3-2-4-16(10-15)25(22,23)19-5-7-24-8-6-19;/h2-4,10,13-14H,5-9,11-12,18H2,1H3;1H. The fourth-order valence-corrected chi connectivity index (χ4v) is 4.94. The van der Waals surface area contributed by atoms with Crippen molar-refractivity contribution in [1.82, 2.24) is 9.21 Å². The molecule has 0 bridgehead atoms. The fraction of sp³-hybridized carbons (Fsp3) is 0.588. The molecule has 0 aromatic heterocycles. The third kappa shape index (κ3) is 4.20. The summed E-state index contributed by atoms with van der Waals surface area (Å²) in [5.74, 6) is 0.168. The van der Waals surface area contributed by atoms with Crippen molar-refractivity contribution in [2.45, 2.75) is 24.3 Å². The Morgan fingerprint density at radius 3 is 2.62 bits per heavy atom. The average molecular weight is 404 g/mol. The molecular formula is C17H26ClN3O4S. The zero-order chi connectivity index (χ0) is 18.0. The average Bonchev–Trinajstić information content (AvgIpc) is 3.03. The van der Waals surface area contributed by atoms with Gasteiger partial charge in [0.05, 0.1) is 18.1 Å². The van der Waals surface area contributed by atoms with E-state index < -0.39 is 10.0 Å². The second-order valence-electron chi connectivity index (χ2n) is 6.69. The van der Waals surface area contributed by atoms with Crippen LogP contribution in [0.5, 0.6) is 0 Å². The molecule has 146 valence electrons. The Morgan fingerprint density at radius 1 is 1.31 bits per heavy atom. The topological polar surface area (TPSA) is 92.9 Å². The highest BCUT2D eigenvalue weighted by Gasteiger charge is 2.33. The van der Waals surface area contributed by atoms with Gasteiger partial charge in [-0.3, -0.25) is 4.79 Å². The number of likely N-dealkylation sites (tertiary alicyclic amines) is 1. The van der Waals surface area contributed by atoms with Crippen LogP contribution in [-0.2, 0) is 14.8 Å². The van der Waals surface area contributed by atoms with Gasteiger partial charge in [0.2, 0.25) is 10.0 Å². The molecule has 2 atom stereocenters. The minimum Gasteiger partial charge on any atom is -0.379 e. The predicted molar refractivity (Wildman–Crippen MR) is 101 cm³/mol. The lowest BCUT2D eigenvalue weighted by Crippen LogP contribution is -2.40. The maximum Gasteiger partial charge on any atom is 0.254 e. The number of sulfonamides is 1. The lowest BCUT2D eigenvalue weighted by Gasteiger charge is -2.26. The van der Waals surface area contributed by atoms with Gasteiger partial charge in [-0.15, -0.1) is 12.4 Å². The SMILES string of the molecule is CC1CC(CN)CN1C(=O)c1cccc(S(=O)(=O)N2CCOCC2)c1.Cl. The van der Waals surface area contributed by atoms with Crippen molar-refractivity contribution in [3.05, 3.63) is 29.8 Å². The summed E-state index contributed by atoms with van der Waals surface area (Å²) in [7, 11) is -3.61. The number of hydrogen-bond acceptors (Lipinski definition) is 5. The molecule has 2 heterocycles. The normalized spacial score (nSPS) is 24.3. The molecule has 2 N–H and O–H groups in total. The summed E-state index contributed by atoms with van der Waals surface area (Å²) in [5, 5.41) is 0. The summed E-state index contributed by atoms with van der Waals surface area (Å²) in [6, 6.07) is 6.43. The first kappa shape index (κ1) is 21.1. The highest BCUT2D eigenvalue weighted by atomic mass is 35.5. The molecule has 1 aromatic carbocycles. The van der Waals surface area contributed by atoms with Crippen molar-refractivity contribution in [2.75, 3.05) is 39.4 Å². The monoisotopic (exact) mass is 403 g/mol. The zero-order valence-electron chi connectivity index (χ0n) is 14.8. The van der Waals surface area contributed by atoms with Crippen LogP contribution >= 0.6 is 12.4 Å². The molecule has 2 saturated heterocycles. The van der Waals surface area contributed by atoms with Gasteiger partial charge in [-0.1, -0.05) is 6.07 Å². The van der Waals surface area contributed by atoms with Gasteiger partial charge in [0.25, 0.3) is 5.91 Å². The van der Waals surface area contributed by atoms with Gasteiger partial charge in [0.1, 0.15) is 0 Å². The summed E-state index contributed by atoms with van der Waals surface area (Å²) in [5.41, 5.74) is 6.13. The summed E-state index contributed by atoms with van der Waals surface area (Å²) in [4.78, 5) is 14.8. The molecule has 0 aliphatic carbocycles. The van der Waals surface area contributed by atoms with E-state index in [4.69, 9.17) is 10.5 Å². The van der Waals surface area contributed by atoms with Gasteiger partial charge in [0, 0.05) is 31.2 Å². The van der Waals surface area contributed by atoms with Crippen LogP contribution in [0.4, 0.5) is 0 Å². The van der Waals surface area contributed by atoms with Crippen molar-refractivity contribution in [2.24, 2.45) is 11.7 Å². The number of nitrogens with zero attached hydrogens (tertiary/aromatic N) is 2. The van der Waals surface area contributed by atoms with E-state index in [1.54, 1.807) is 17.0 Å². The van der Waals surface area contributed by atoms with E-state index >= 15 is 0 Å². The number of morpholine rings is 1. The lowest BCUT2D eigenvalue weighted by molar-refractivity contribution is 0.0729. The Morgan fingerprint density at radius 2 is 2.00 bits per heavy atom. The van der Waals surface area contributed by atoms with Gasteiger partial charge < -0.3 is 15.4 Å². The second-order valence-corrected chi connectivity index (χ2v) is 8.63. The Balaban J connectivity index is 0.00000243. The first-order chi connectivity index (χ1) is 11.9. The van der Waals surface area contributed by atoms with E-state index in [0.717, 1.165) is 6.42 Å². The van der Waals surface area contributed by atoms with Crippen molar-refractivity contribution in [3.63, 3.8) is 0 Å². The molecule has 0 radical (unpaired) electrons. The van der Waals surface area contributed by atoms with Gasteiger partial charge in [-0.05, 0) is 44.0 Å². The number of hydrogen-bond donors (Lipinski definition) is 1. The van der Waals surface area contributed by atoms with E-state index in [9.17, 15) is 13.2 Å². The van der Waals surface area contributed by atoms with Gasteiger partial charge in [-0.25, -0.2) is 8.42 Å². The number of carbonyl (C=O) groups excluding carboxylic acids is 1. The van der Waals surface area contributed by atoms with Crippen LogP contribution < -0.4 is 5.73 Å². The van der Waals surface area contributed by atoms with Crippen LogP contribution in [0, 0.1) is 5.92 Å². The second kappa shape index (κ2) is 8.67. The van der Waals surface area contributed by atoms with Crippen molar-refractivity contribution < 1.29 is 17.9 Å². The predicted octanol–water partition coefficient (Wildman–Crippen LogP) is 0.939. The maximum absolute atomic E-state index is 12.8. The third-order valence-electron chi connectivity index (χ3n) is 4.94. The molecule has 0 spiro atoms. The first-order valence-electron chi connectivity index (χ1n) is 8.62. The molecular weight excluding hydrogens is 378 g/mol. The first-order valence-corrected chi connectivity index (χ1v) is 10.1. The number of rotatable bonds is 4.